The van der Waals surface area contributed by atoms with Crippen molar-refractivity contribution in [1.82, 2.24) is 4.90 Å². The highest BCUT2D eigenvalue weighted by molar-refractivity contribution is 5.41. The van der Waals surface area contributed by atoms with Gasteiger partial charge < -0.3 is 19.9 Å². The second-order valence-electron chi connectivity index (χ2n) is 4.65. The summed E-state index contributed by atoms with van der Waals surface area (Å²) in [7, 11) is 0. The van der Waals surface area contributed by atoms with E-state index < -0.39 is 0 Å². The largest absolute Gasteiger partial charge is 0.492 e. The molecule has 1 aromatic rings. The average Bonchev–Trinajstić information content (AvgIpc) is 2.49. The van der Waals surface area contributed by atoms with Crippen molar-refractivity contribution in [2.45, 2.75) is 13.8 Å². The van der Waals surface area contributed by atoms with E-state index in [0.29, 0.717) is 6.61 Å². The van der Waals surface area contributed by atoms with Gasteiger partial charge in [0.2, 0.25) is 0 Å². The summed E-state index contributed by atoms with van der Waals surface area (Å²) in [6.07, 6.45) is 0. The van der Waals surface area contributed by atoms with Crippen LogP contribution in [0, 0.1) is 0 Å². The first-order chi connectivity index (χ1) is 10.3. The maximum atomic E-state index is 5.73. The number of ether oxygens (including phenoxy) is 3. The van der Waals surface area contributed by atoms with Crippen LogP contribution >= 0.6 is 0 Å². The van der Waals surface area contributed by atoms with Crippen molar-refractivity contribution >= 4 is 5.69 Å². The first-order valence-corrected chi connectivity index (χ1v) is 7.62. The SMILES string of the molecule is CCOCCN(CCOCC)CCOc1ccc(N)cc1. The normalized spacial score (nSPS) is 11.0. The standard InChI is InChI=1S/C16H28N2O3/c1-3-19-12-9-18(10-13-20-4-2)11-14-21-16-7-5-15(17)6-8-16/h5-8H,3-4,9-14,17H2,1-2H3. The number of nitrogen functional groups attached to an aromatic ring is 1. The van der Waals surface area contributed by atoms with Crippen LogP contribution in [0.15, 0.2) is 24.3 Å². The molecule has 0 aliphatic rings. The van der Waals surface area contributed by atoms with Gasteiger partial charge in [-0.05, 0) is 38.1 Å². The Hall–Kier alpha value is -1.30. The number of anilines is 1. The molecular formula is C16H28N2O3. The lowest BCUT2D eigenvalue weighted by atomic mass is 10.3. The Bertz CT molecular complexity index is 347. The maximum absolute atomic E-state index is 5.73. The minimum absolute atomic E-state index is 0.641. The third-order valence-electron chi connectivity index (χ3n) is 3.07. The summed E-state index contributed by atoms with van der Waals surface area (Å²) in [5.41, 5.74) is 6.40. The molecule has 2 N–H and O–H groups in total. The van der Waals surface area contributed by atoms with Crippen molar-refractivity contribution < 1.29 is 14.2 Å². The van der Waals surface area contributed by atoms with Crippen LogP contribution in [-0.2, 0) is 9.47 Å². The molecule has 0 heterocycles. The van der Waals surface area contributed by atoms with Crippen LogP contribution in [0.3, 0.4) is 0 Å². The van der Waals surface area contributed by atoms with Crippen molar-refractivity contribution in [3.63, 3.8) is 0 Å². The summed E-state index contributed by atoms with van der Waals surface area (Å²) < 4.78 is 16.5. The second-order valence-corrected chi connectivity index (χ2v) is 4.65. The van der Waals surface area contributed by atoms with Gasteiger partial charge in [0.15, 0.2) is 0 Å². The van der Waals surface area contributed by atoms with Gasteiger partial charge in [-0.3, -0.25) is 4.90 Å². The fourth-order valence-corrected chi connectivity index (χ4v) is 1.87. The Morgan fingerprint density at radius 3 is 1.90 bits per heavy atom. The van der Waals surface area contributed by atoms with Gasteiger partial charge in [-0.1, -0.05) is 0 Å². The lowest BCUT2D eigenvalue weighted by Gasteiger charge is -2.22. The van der Waals surface area contributed by atoms with Crippen LogP contribution in [-0.4, -0.2) is 57.6 Å². The molecule has 5 nitrogen and oxygen atoms in total. The van der Waals surface area contributed by atoms with E-state index in [1.54, 1.807) is 0 Å². The third kappa shape index (κ3) is 8.55. The van der Waals surface area contributed by atoms with Crippen LogP contribution in [0.2, 0.25) is 0 Å². The van der Waals surface area contributed by atoms with Crippen LogP contribution in [0.25, 0.3) is 0 Å². The molecule has 0 aliphatic heterocycles. The van der Waals surface area contributed by atoms with Gasteiger partial charge in [-0.25, -0.2) is 0 Å². The number of benzene rings is 1. The van der Waals surface area contributed by atoms with E-state index in [1.807, 2.05) is 38.1 Å². The molecule has 0 unspecified atom stereocenters. The molecule has 21 heavy (non-hydrogen) atoms. The molecular weight excluding hydrogens is 268 g/mol. The zero-order chi connectivity index (χ0) is 15.3. The molecule has 0 radical (unpaired) electrons. The highest BCUT2D eigenvalue weighted by Gasteiger charge is 2.05. The molecule has 0 aromatic heterocycles. The first kappa shape index (κ1) is 17.8. The fourth-order valence-electron chi connectivity index (χ4n) is 1.87. The van der Waals surface area contributed by atoms with Crippen molar-refractivity contribution in [2.24, 2.45) is 0 Å². The van der Waals surface area contributed by atoms with Crippen molar-refractivity contribution in [2.75, 3.05) is 58.4 Å². The summed E-state index contributed by atoms with van der Waals surface area (Å²) >= 11 is 0. The molecule has 0 saturated carbocycles. The van der Waals surface area contributed by atoms with Crippen LogP contribution in [0.5, 0.6) is 5.75 Å². The van der Waals surface area contributed by atoms with E-state index in [-0.39, 0.29) is 0 Å². The summed E-state index contributed by atoms with van der Waals surface area (Å²) in [5.74, 6) is 0.846. The van der Waals surface area contributed by atoms with Crippen LogP contribution < -0.4 is 10.5 Å². The van der Waals surface area contributed by atoms with Gasteiger partial charge >= 0.3 is 0 Å². The molecule has 5 heteroatoms. The number of nitrogens with zero attached hydrogens (tertiary/aromatic N) is 1. The van der Waals surface area contributed by atoms with Gasteiger partial charge in [0, 0.05) is 38.5 Å². The minimum Gasteiger partial charge on any atom is -0.492 e. The van der Waals surface area contributed by atoms with Crippen molar-refractivity contribution in [3.8, 4) is 5.75 Å². The van der Waals surface area contributed by atoms with Crippen molar-refractivity contribution in [3.05, 3.63) is 24.3 Å². The average molecular weight is 296 g/mol. The van der Waals surface area contributed by atoms with Gasteiger partial charge in [0.25, 0.3) is 0 Å². The quantitative estimate of drug-likeness (QED) is 0.472. The van der Waals surface area contributed by atoms with Crippen molar-refractivity contribution in [1.29, 1.82) is 0 Å². The molecule has 1 aromatic carbocycles. The van der Waals surface area contributed by atoms with E-state index in [1.165, 1.54) is 0 Å². The minimum atomic E-state index is 0.641. The zero-order valence-electron chi connectivity index (χ0n) is 13.2. The van der Waals surface area contributed by atoms with Crippen LogP contribution in [0.1, 0.15) is 13.8 Å². The Balaban J connectivity index is 2.27. The maximum Gasteiger partial charge on any atom is 0.119 e. The molecule has 0 amide bonds. The number of nitrogens with two attached hydrogens (primary N) is 1. The lowest BCUT2D eigenvalue weighted by Crippen LogP contribution is -2.34. The number of hydrogen-bond acceptors (Lipinski definition) is 5. The summed E-state index contributed by atoms with van der Waals surface area (Å²) in [4.78, 5) is 2.29. The smallest absolute Gasteiger partial charge is 0.119 e. The predicted molar refractivity (Wildman–Crippen MR) is 85.8 cm³/mol. The predicted octanol–water partition coefficient (Wildman–Crippen LogP) is 2.02. The van der Waals surface area contributed by atoms with Gasteiger partial charge in [-0.2, -0.15) is 0 Å². The van der Waals surface area contributed by atoms with E-state index in [4.69, 9.17) is 19.9 Å². The Kier molecular flexibility index (Phi) is 9.61. The van der Waals surface area contributed by atoms with Gasteiger partial charge in [-0.15, -0.1) is 0 Å². The van der Waals surface area contributed by atoms with E-state index >= 15 is 0 Å². The molecule has 120 valence electrons. The Morgan fingerprint density at radius 2 is 1.38 bits per heavy atom. The molecule has 0 fully saturated rings. The molecule has 0 atom stereocenters. The highest BCUT2D eigenvalue weighted by Crippen LogP contribution is 2.12. The zero-order valence-corrected chi connectivity index (χ0v) is 13.2. The van der Waals surface area contributed by atoms with Gasteiger partial charge in [0.1, 0.15) is 12.4 Å². The summed E-state index contributed by atoms with van der Waals surface area (Å²) in [5, 5.41) is 0. The van der Waals surface area contributed by atoms with E-state index in [0.717, 1.165) is 57.5 Å². The topological polar surface area (TPSA) is 57.0 Å². The number of rotatable bonds is 12. The Morgan fingerprint density at radius 1 is 0.857 bits per heavy atom. The lowest BCUT2D eigenvalue weighted by molar-refractivity contribution is 0.0764. The molecule has 1 rings (SSSR count). The first-order valence-electron chi connectivity index (χ1n) is 7.62. The molecule has 0 spiro atoms. The molecule has 0 saturated heterocycles. The fraction of sp³-hybridized carbons (Fsp3) is 0.625. The molecule has 0 aliphatic carbocycles. The second kappa shape index (κ2) is 11.4. The third-order valence-corrected chi connectivity index (χ3v) is 3.07. The monoisotopic (exact) mass is 296 g/mol. The number of hydrogen-bond donors (Lipinski definition) is 1. The summed E-state index contributed by atoms with van der Waals surface area (Å²) in [6.45, 7) is 10.3. The molecule has 0 bridgehead atoms. The van der Waals surface area contributed by atoms with E-state index in [2.05, 4.69) is 4.90 Å². The summed E-state index contributed by atoms with van der Waals surface area (Å²) in [6, 6.07) is 7.47. The highest BCUT2D eigenvalue weighted by atomic mass is 16.5. The Labute approximate surface area is 128 Å². The van der Waals surface area contributed by atoms with Crippen LogP contribution in [0.4, 0.5) is 5.69 Å². The van der Waals surface area contributed by atoms with Gasteiger partial charge in [0.05, 0.1) is 13.2 Å². The van der Waals surface area contributed by atoms with E-state index in [9.17, 15) is 0 Å².